The second-order valence-electron chi connectivity index (χ2n) is 5.92. The summed E-state index contributed by atoms with van der Waals surface area (Å²) in [5.74, 6) is 0. The van der Waals surface area contributed by atoms with Gasteiger partial charge < -0.3 is 5.32 Å². The molecule has 0 fully saturated rings. The third-order valence-corrected chi connectivity index (χ3v) is 4.84. The SMILES string of the molecule is CC(Cc1ccc(Br)cc1)NC1Cc2ccc(Cl)cc2C1. The molecule has 0 aromatic heterocycles. The second kappa shape index (κ2) is 6.51. The van der Waals surface area contributed by atoms with E-state index in [0.717, 1.165) is 28.8 Å². The van der Waals surface area contributed by atoms with Gasteiger partial charge in [-0.3, -0.25) is 0 Å². The van der Waals surface area contributed by atoms with Gasteiger partial charge in [-0.15, -0.1) is 0 Å². The summed E-state index contributed by atoms with van der Waals surface area (Å²) in [6, 6.07) is 15.9. The molecule has 1 aliphatic carbocycles. The van der Waals surface area contributed by atoms with Gasteiger partial charge in [-0.05, 0) is 67.1 Å². The van der Waals surface area contributed by atoms with Gasteiger partial charge in [0.25, 0.3) is 0 Å². The van der Waals surface area contributed by atoms with Crippen LogP contribution >= 0.6 is 27.5 Å². The molecule has 0 saturated heterocycles. The molecule has 0 bridgehead atoms. The lowest BCUT2D eigenvalue weighted by Crippen LogP contribution is -2.38. The third kappa shape index (κ3) is 3.88. The summed E-state index contributed by atoms with van der Waals surface area (Å²) in [6.07, 6.45) is 3.25. The Labute approximate surface area is 139 Å². The first-order valence-electron chi connectivity index (χ1n) is 7.38. The molecule has 110 valence electrons. The number of fused-ring (bicyclic) bond motifs is 1. The molecule has 1 nitrogen and oxygen atoms in total. The average Bonchev–Trinajstić information content (AvgIpc) is 2.82. The van der Waals surface area contributed by atoms with E-state index in [1.807, 2.05) is 6.07 Å². The molecule has 0 radical (unpaired) electrons. The Bertz CT molecular complexity index is 624. The van der Waals surface area contributed by atoms with Gasteiger partial charge in [0, 0.05) is 21.6 Å². The van der Waals surface area contributed by atoms with E-state index in [1.165, 1.54) is 16.7 Å². The van der Waals surface area contributed by atoms with Crippen molar-refractivity contribution in [3.63, 3.8) is 0 Å². The summed E-state index contributed by atoms with van der Waals surface area (Å²) in [6.45, 7) is 2.26. The maximum atomic E-state index is 6.07. The zero-order chi connectivity index (χ0) is 14.8. The Hall–Kier alpha value is -0.830. The first-order chi connectivity index (χ1) is 10.1. The van der Waals surface area contributed by atoms with Crippen molar-refractivity contribution in [3.05, 3.63) is 68.7 Å². The third-order valence-electron chi connectivity index (χ3n) is 4.08. The van der Waals surface area contributed by atoms with Gasteiger partial charge in [-0.1, -0.05) is 45.7 Å². The number of rotatable bonds is 4. The van der Waals surface area contributed by atoms with Crippen LogP contribution in [0.5, 0.6) is 0 Å². The summed E-state index contributed by atoms with van der Waals surface area (Å²) in [4.78, 5) is 0. The molecule has 21 heavy (non-hydrogen) atoms. The van der Waals surface area contributed by atoms with Crippen molar-refractivity contribution >= 4 is 27.5 Å². The largest absolute Gasteiger partial charge is 0.311 e. The van der Waals surface area contributed by atoms with Crippen LogP contribution in [-0.4, -0.2) is 12.1 Å². The van der Waals surface area contributed by atoms with Gasteiger partial charge in [0.05, 0.1) is 0 Å². The standard InChI is InChI=1S/C18H19BrClN/c1-12(8-13-2-5-16(19)6-3-13)21-18-10-14-4-7-17(20)9-15(14)11-18/h2-7,9,12,18,21H,8,10-11H2,1H3. The van der Waals surface area contributed by atoms with Crippen LogP contribution in [0, 0.1) is 0 Å². The van der Waals surface area contributed by atoms with E-state index in [0.29, 0.717) is 12.1 Å². The van der Waals surface area contributed by atoms with Crippen molar-refractivity contribution in [1.29, 1.82) is 0 Å². The molecule has 2 atom stereocenters. The molecule has 0 aliphatic heterocycles. The molecule has 0 saturated carbocycles. The molecule has 2 unspecified atom stereocenters. The minimum atomic E-state index is 0.473. The van der Waals surface area contributed by atoms with Crippen LogP contribution in [0.2, 0.25) is 5.02 Å². The van der Waals surface area contributed by atoms with Gasteiger partial charge in [0.15, 0.2) is 0 Å². The molecular weight excluding hydrogens is 346 g/mol. The average molecular weight is 365 g/mol. The van der Waals surface area contributed by atoms with Crippen molar-refractivity contribution in [2.24, 2.45) is 0 Å². The van der Waals surface area contributed by atoms with Crippen LogP contribution < -0.4 is 5.32 Å². The lowest BCUT2D eigenvalue weighted by molar-refractivity contribution is 0.454. The van der Waals surface area contributed by atoms with Crippen LogP contribution in [0.1, 0.15) is 23.6 Å². The Morgan fingerprint density at radius 2 is 1.86 bits per heavy atom. The maximum Gasteiger partial charge on any atom is 0.0408 e. The Morgan fingerprint density at radius 3 is 2.62 bits per heavy atom. The first kappa shape index (κ1) is 15.1. The minimum absolute atomic E-state index is 0.473. The van der Waals surface area contributed by atoms with Crippen LogP contribution in [0.3, 0.4) is 0 Å². The summed E-state index contributed by atoms with van der Waals surface area (Å²) in [5.41, 5.74) is 4.21. The molecule has 3 rings (SSSR count). The summed E-state index contributed by atoms with van der Waals surface area (Å²) in [7, 11) is 0. The lowest BCUT2D eigenvalue weighted by atomic mass is 10.1. The van der Waals surface area contributed by atoms with E-state index in [4.69, 9.17) is 11.6 Å². The highest BCUT2D eigenvalue weighted by atomic mass is 79.9. The van der Waals surface area contributed by atoms with Crippen molar-refractivity contribution in [2.45, 2.75) is 38.3 Å². The number of hydrogen-bond donors (Lipinski definition) is 1. The number of nitrogens with one attached hydrogen (secondary N) is 1. The van der Waals surface area contributed by atoms with E-state index in [2.05, 4.69) is 64.6 Å². The zero-order valence-corrected chi connectivity index (χ0v) is 14.4. The van der Waals surface area contributed by atoms with Crippen molar-refractivity contribution in [1.82, 2.24) is 5.32 Å². The van der Waals surface area contributed by atoms with Crippen LogP contribution in [-0.2, 0) is 19.3 Å². The fraction of sp³-hybridized carbons (Fsp3) is 0.333. The van der Waals surface area contributed by atoms with E-state index < -0.39 is 0 Å². The molecule has 1 aliphatic rings. The topological polar surface area (TPSA) is 12.0 Å². The monoisotopic (exact) mass is 363 g/mol. The predicted octanol–water partition coefficient (Wildman–Crippen LogP) is 4.79. The fourth-order valence-electron chi connectivity index (χ4n) is 3.14. The van der Waals surface area contributed by atoms with Gasteiger partial charge in [0.1, 0.15) is 0 Å². The molecule has 1 N–H and O–H groups in total. The highest BCUT2D eigenvalue weighted by Gasteiger charge is 2.22. The highest BCUT2D eigenvalue weighted by Crippen LogP contribution is 2.25. The molecule has 0 spiro atoms. The molecular formula is C18H19BrClN. The summed E-state index contributed by atoms with van der Waals surface area (Å²) >= 11 is 9.55. The van der Waals surface area contributed by atoms with Gasteiger partial charge >= 0.3 is 0 Å². The van der Waals surface area contributed by atoms with E-state index in [9.17, 15) is 0 Å². The fourth-order valence-corrected chi connectivity index (χ4v) is 3.60. The normalized spacial score (nSPS) is 18.5. The molecule has 2 aromatic rings. The van der Waals surface area contributed by atoms with Gasteiger partial charge in [-0.2, -0.15) is 0 Å². The van der Waals surface area contributed by atoms with Gasteiger partial charge in [-0.25, -0.2) is 0 Å². The summed E-state index contributed by atoms with van der Waals surface area (Å²) < 4.78 is 1.13. The van der Waals surface area contributed by atoms with Crippen molar-refractivity contribution < 1.29 is 0 Å². The molecule has 0 amide bonds. The Kier molecular flexibility index (Phi) is 4.68. The second-order valence-corrected chi connectivity index (χ2v) is 7.27. The van der Waals surface area contributed by atoms with Crippen LogP contribution in [0.4, 0.5) is 0 Å². The quantitative estimate of drug-likeness (QED) is 0.822. The number of halogens is 2. The number of benzene rings is 2. The Morgan fingerprint density at radius 1 is 1.14 bits per heavy atom. The highest BCUT2D eigenvalue weighted by molar-refractivity contribution is 9.10. The van der Waals surface area contributed by atoms with E-state index >= 15 is 0 Å². The van der Waals surface area contributed by atoms with Crippen LogP contribution in [0.25, 0.3) is 0 Å². The van der Waals surface area contributed by atoms with E-state index in [-0.39, 0.29) is 0 Å². The molecule has 0 heterocycles. The molecule has 3 heteroatoms. The van der Waals surface area contributed by atoms with Crippen molar-refractivity contribution in [2.75, 3.05) is 0 Å². The first-order valence-corrected chi connectivity index (χ1v) is 8.55. The smallest absolute Gasteiger partial charge is 0.0408 e. The predicted molar refractivity (Wildman–Crippen MR) is 93.1 cm³/mol. The number of hydrogen-bond acceptors (Lipinski definition) is 1. The van der Waals surface area contributed by atoms with Crippen molar-refractivity contribution in [3.8, 4) is 0 Å². The van der Waals surface area contributed by atoms with E-state index in [1.54, 1.807) is 0 Å². The maximum absolute atomic E-state index is 6.07. The molecule has 2 aromatic carbocycles. The summed E-state index contributed by atoms with van der Waals surface area (Å²) in [5, 5.41) is 4.60. The minimum Gasteiger partial charge on any atom is -0.311 e. The van der Waals surface area contributed by atoms with Gasteiger partial charge in [0.2, 0.25) is 0 Å². The lowest BCUT2D eigenvalue weighted by Gasteiger charge is -2.19. The van der Waals surface area contributed by atoms with Crippen LogP contribution in [0.15, 0.2) is 46.9 Å². The Balaban J connectivity index is 1.57. The zero-order valence-electron chi connectivity index (χ0n) is 12.1.